The fraction of sp³-hybridized carbons (Fsp3) is 0.500. The SMILES string of the molecule is NC1CCC(Nc2ccc(O)cc2)CC1. The number of benzene rings is 1. The molecule has 1 saturated carbocycles. The van der Waals surface area contributed by atoms with Crippen molar-refractivity contribution in [3.05, 3.63) is 24.3 Å². The summed E-state index contributed by atoms with van der Waals surface area (Å²) in [6.07, 6.45) is 4.50. The van der Waals surface area contributed by atoms with Gasteiger partial charge in [-0.1, -0.05) is 0 Å². The van der Waals surface area contributed by atoms with Crippen LogP contribution in [0.4, 0.5) is 5.69 Å². The number of phenolic OH excluding ortho intramolecular Hbond substituents is 1. The highest BCUT2D eigenvalue weighted by Crippen LogP contribution is 2.22. The van der Waals surface area contributed by atoms with E-state index >= 15 is 0 Å². The minimum atomic E-state index is 0.311. The Hall–Kier alpha value is -1.22. The molecule has 0 saturated heterocycles. The van der Waals surface area contributed by atoms with Crippen LogP contribution in [0.1, 0.15) is 25.7 Å². The van der Waals surface area contributed by atoms with Crippen LogP contribution in [-0.2, 0) is 0 Å². The fourth-order valence-corrected chi connectivity index (χ4v) is 2.06. The van der Waals surface area contributed by atoms with Crippen molar-refractivity contribution in [3.8, 4) is 5.75 Å². The number of phenols is 1. The van der Waals surface area contributed by atoms with Gasteiger partial charge in [0.2, 0.25) is 0 Å². The average molecular weight is 206 g/mol. The van der Waals surface area contributed by atoms with Gasteiger partial charge in [0, 0.05) is 17.8 Å². The Bertz CT molecular complexity index is 302. The van der Waals surface area contributed by atoms with Crippen LogP contribution < -0.4 is 11.1 Å². The number of anilines is 1. The predicted molar refractivity (Wildman–Crippen MR) is 62.0 cm³/mol. The summed E-state index contributed by atoms with van der Waals surface area (Å²) in [5.74, 6) is 0.311. The van der Waals surface area contributed by atoms with Crippen LogP contribution in [0.3, 0.4) is 0 Å². The summed E-state index contributed by atoms with van der Waals surface area (Å²) in [6, 6.07) is 8.15. The first-order valence-electron chi connectivity index (χ1n) is 5.55. The monoisotopic (exact) mass is 206 g/mol. The van der Waals surface area contributed by atoms with E-state index in [2.05, 4.69) is 5.32 Å². The highest BCUT2D eigenvalue weighted by atomic mass is 16.3. The van der Waals surface area contributed by atoms with Crippen molar-refractivity contribution in [1.29, 1.82) is 0 Å². The summed E-state index contributed by atoms with van der Waals surface area (Å²) < 4.78 is 0. The topological polar surface area (TPSA) is 58.3 Å². The van der Waals surface area contributed by atoms with Gasteiger partial charge in [0.05, 0.1) is 0 Å². The number of hydrogen-bond acceptors (Lipinski definition) is 3. The fourth-order valence-electron chi connectivity index (χ4n) is 2.06. The van der Waals surface area contributed by atoms with E-state index in [4.69, 9.17) is 10.8 Å². The van der Waals surface area contributed by atoms with Crippen molar-refractivity contribution in [2.75, 3.05) is 5.32 Å². The molecule has 0 aliphatic heterocycles. The normalized spacial score (nSPS) is 26.2. The molecule has 1 fully saturated rings. The molecule has 3 nitrogen and oxygen atoms in total. The maximum atomic E-state index is 9.15. The van der Waals surface area contributed by atoms with Gasteiger partial charge >= 0.3 is 0 Å². The zero-order valence-corrected chi connectivity index (χ0v) is 8.82. The van der Waals surface area contributed by atoms with Crippen molar-refractivity contribution in [2.45, 2.75) is 37.8 Å². The van der Waals surface area contributed by atoms with Gasteiger partial charge in [-0.15, -0.1) is 0 Å². The molecule has 1 aromatic carbocycles. The van der Waals surface area contributed by atoms with Crippen molar-refractivity contribution < 1.29 is 5.11 Å². The highest BCUT2D eigenvalue weighted by Gasteiger charge is 2.17. The lowest BCUT2D eigenvalue weighted by Gasteiger charge is -2.27. The molecular weight excluding hydrogens is 188 g/mol. The Labute approximate surface area is 90.3 Å². The first-order valence-corrected chi connectivity index (χ1v) is 5.55. The van der Waals surface area contributed by atoms with Crippen LogP contribution in [0.25, 0.3) is 0 Å². The molecule has 1 aromatic rings. The molecule has 0 aromatic heterocycles. The van der Waals surface area contributed by atoms with Crippen molar-refractivity contribution in [1.82, 2.24) is 0 Å². The first-order chi connectivity index (χ1) is 7.24. The summed E-state index contributed by atoms with van der Waals surface area (Å²) in [6.45, 7) is 0. The van der Waals surface area contributed by atoms with Crippen LogP contribution in [-0.4, -0.2) is 17.2 Å². The molecule has 15 heavy (non-hydrogen) atoms. The second-order valence-electron chi connectivity index (χ2n) is 4.30. The summed E-state index contributed by atoms with van der Waals surface area (Å²) >= 11 is 0. The van der Waals surface area contributed by atoms with E-state index in [1.54, 1.807) is 12.1 Å². The van der Waals surface area contributed by atoms with E-state index in [9.17, 15) is 0 Å². The van der Waals surface area contributed by atoms with Crippen LogP contribution in [0.15, 0.2) is 24.3 Å². The Morgan fingerprint density at radius 3 is 2.27 bits per heavy atom. The van der Waals surface area contributed by atoms with Crippen molar-refractivity contribution >= 4 is 5.69 Å². The second-order valence-corrected chi connectivity index (χ2v) is 4.30. The zero-order valence-electron chi connectivity index (χ0n) is 8.82. The molecule has 0 bridgehead atoms. The molecule has 0 unspecified atom stereocenters. The summed E-state index contributed by atoms with van der Waals surface area (Å²) in [4.78, 5) is 0. The van der Waals surface area contributed by atoms with Gasteiger partial charge in [0.1, 0.15) is 5.75 Å². The minimum absolute atomic E-state index is 0.311. The Morgan fingerprint density at radius 2 is 1.67 bits per heavy atom. The smallest absolute Gasteiger partial charge is 0.115 e. The Balaban J connectivity index is 1.89. The molecule has 2 rings (SSSR count). The molecule has 0 radical (unpaired) electrons. The number of aromatic hydroxyl groups is 1. The van der Waals surface area contributed by atoms with Gasteiger partial charge in [-0.2, -0.15) is 0 Å². The second kappa shape index (κ2) is 4.53. The quantitative estimate of drug-likeness (QED) is 0.649. The lowest BCUT2D eigenvalue weighted by molar-refractivity contribution is 0.411. The van der Waals surface area contributed by atoms with Gasteiger partial charge in [-0.25, -0.2) is 0 Å². The molecular formula is C12H18N2O. The molecule has 1 aliphatic rings. The van der Waals surface area contributed by atoms with Gasteiger partial charge in [-0.3, -0.25) is 0 Å². The molecule has 82 valence electrons. The van der Waals surface area contributed by atoms with E-state index in [-0.39, 0.29) is 0 Å². The van der Waals surface area contributed by atoms with Crippen LogP contribution >= 0.6 is 0 Å². The molecule has 4 N–H and O–H groups in total. The third-order valence-electron chi connectivity index (χ3n) is 3.01. The summed E-state index contributed by atoms with van der Waals surface area (Å²) in [7, 11) is 0. The van der Waals surface area contributed by atoms with E-state index in [1.807, 2.05) is 12.1 Å². The molecule has 0 heterocycles. The van der Waals surface area contributed by atoms with Crippen LogP contribution in [0, 0.1) is 0 Å². The molecule has 1 aliphatic carbocycles. The van der Waals surface area contributed by atoms with Crippen molar-refractivity contribution in [2.24, 2.45) is 5.73 Å². The third kappa shape index (κ3) is 2.86. The minimum Gasteiger partial charge on any atom is -0.508 e. The number of hydrogen-bond donors (Lipinski definition) is 3. The molecule has 3 heteroatoms. The van der Waals surface area contributed by atoms with Gasteiger partial charge in [0.15, 0.2) is 0 Å². The van der Waals surface area contributed by atoms with Gasteiger partial charge in [-0.05, 0) is 49.9 Å². The van der Waals surface area contributed by atoms with E-state index in [0.29, 0.717) is 17.8 Å². The Morgan fingerprint density at radius 1 is 1.07 bits per heavy atom. The zero-order chi connectivity index (χ0) is 10.7. The maximum Gasteiger partial charge on any atom is 0.115 e. The highest BCUT2D eigenvalue weighted by molar-refractivity contribution is 5.46. The standard InChI is InChI=1S/C12H18N2O/c13-9-1-3-10(4-2-9)14-11-5-7-12(15)8-6-11/h5-10,14-15H,1-4,13H2. The summed E-state index contributed by atoms with van der Waals surface area (Å²) in [5.41, 5.74) is 6.93. The van der Waals surface area contributed by atoms with E-state index in [0.717, 1.165) is 31.4 Å². The van der Waals surface area contributed by atoms with E-state index in [1.165, 1.54) is 0 Å². The molecule has 0 amide bonds. The number of nitrogens with two attached hydrogens (primary N) is 1. The predicted octanol–water partition coefficient (Wildman–Crippen LogP) is 2.07. The van der Waals surface area contributed by atoms with E-state index < -0.39 is 0 Å². The number of nitrogens with one attached hydrogen (secondary N) is 1. The Kier molecular flexibility index (Phi) is 3.11. The van der Waals surface area contributed by atoms with Gasteiger partial charge in [0.25, 0.3) is 0 Å². The molecule has 0 spiro atoms. The lowest BCUT2D eigenvalue weighted by atomic mass is 9.92. The lowest BCUT2D eigenvalue weighted by Crippen LogP contribution is -2.32. The largest absolute Gasteiger partial charge is 0.508 e. The molecule has 0 atom stereocenters. The van der Waals surface area contributed by atoms with Crippen LogP contribution in [0.5, 0.6) is 5.75 Å². The first kappa shape index (κ1) is 10.3. The summed E-state index contributed by atoms with van der Waals surface area (Å²) in [5, 5.41) is 12.6. The third-order valence-corrected chi connectivity index (χ3v) is 3.01. The van der Waals surface area contributed by atoms with Crippen LogP contribution in [0.2, 0.25) is 0 Å². The average Bonchev–Trinajstić information content (AvgIpc) is 2.25. The van der Waals surface area contributed by atoms with Crippen molar-refractivity contribution in [3.63, 3.8) is 0 Å². The van der Waals surface area contributed by atoms with Gasteiger partial charge < -0.3 is 16.2 Å². The maximum absolute atomic E-state index is 9.15. The number of rotatable bonds is 2.